The summed E-state index contributed by atoms with van der Waals surface area (Å²) in [7, 11) is 0. The minimum Gasteiger partial charge on any atom is -0.355 e. The molecule has 3 heterocycles. The van der Waals surface area contributed by atoms with Crippen molar-refractivity contribution in [2.45, 2.75) is 45.4 Å². The van der Waals surface area contributed by atoms with E-state index in [1.807, 2.05) is 30.3 Å². The predicted molar refractivity (Wildman–Crippen MR) is 118 cm³/mol. The summed E-state index contributed by atoms with van der Waals surface area (Å²) in [5, 5.41) is 16.3. The number of hydrogen-bond acceptors (Lipinski definition) is 5. The van der Waals surface area contributed by atoms with Crippen molar-refractivity contribution < 1.29 is 4.79 Å². The molecule has 0 unspecified atom stereocenters. The molecule has 1 aromatic carbocycles. The Balaban J connectivity index is 1.34. The van der Waals surface area contributed by atoms with E-state index in [9.17, 15) is 4.79 Å². The van der Waals surface area contributed by atoms with Crippen molar-refractivity contribution in [1.29, 1.82) is 0 Å². The molecule has 0 aliphatic carbocycles. The molecular weight excluding hydrogens is 376 g/mol. The Morgan fingerprint density at radius 1 is 1.13 bits per heavy atom. The molecular formula is C23H30N6O. The second kappa shape index (κ2) is 9.24. The lowest BCUT2D eigenvalue weighted by molar-refractivity contribution is -0.121. The molecule has 1 fully saturated rings. The van der Waals surface area contributed by atoms with Crippen LogP contribution in [-0.2, 0) is 11.2 Å². The van der Waals surface area contributed by atoms with Crippen LogP contribution in [0.2, 0.25) is 0 Å². The number of aryl methyl sites for hydroxylation is 1. The number of nitrogens with one attached hydrogen (secondary N) is 1. The van der Waals surface area contributed by atoms with Gasteiger partial charge in [0.05, 0.1) is 0 Å². The Labute approximate surface area is 177 Å². The Morgan fingerprint density at radius 3 is 2.67 bits per heavy atom. The van der Waals surface area contributed by atoms with E-state index < -0.39 is 0 Å². The number of aromatic nitrogens is 4. The van der Waals surface area contributed by atoms with Crippen LogP contribution in [0.3, 0.4) is 0 Å². The van der Waals surface area contributed by atoms with E-state index in [-0.39, 0.29) is 11.8 Å². The van der Waals surface area contributed by atoms with E-state index in [1.54, 1.807) is 4.52 Å². The molecule has 7 nitrogen and oxygen atoms in total. The third kappa shape index (κ3) is 4.78. The lowest BCUT2D eigenvalue weighted by Crippen LogP contribution is -2.33. The van der Waals surface area contributed by atoms with Gasteiger partial charge in [-0.25, -0.2) is 0 Å². The molecule has 1 aliphatic heterocycles. The summed E-state index contributed by atoms with van der Waals surface area (Å²) >= 11 is 0. The molecule has 158 valence electrons. The number of rotatable bonds is 7. The van der Waals surface area contributed by atoms with Gasteiger partial charge in [0.1, 0.15) is 5.82 Å². The van der Waals surface area contributed by atoms with E-state index in [4.69, 9.17) is 5.10 Å². The van der Waals surface area contributed by atoms with Gasteiger partial charge in [-0.1, -0.05) is 44.2 Å². The molecule has 0 radical (unpaired) electrons. The topological polar surface area (TPSA) is 75.4 Å². The van der Waals surface area contributed by atoms with Crippen LogP contribution in [0.15, 0.2) is 42.5 Å². The standard InChI is InChI=1S/C23H30N6O/c1-17-12-14-28(15-13-17)22-9-8-20-25-26-21(29(20)27-22)10-11-23(30)24-16-18(2)19-6-4-3-5-7-19/h3-9,17-18H,10-16H2,1-2H3,(H,24,30)/t18-/m1/s1. The van der Waals surface area contributed by atoms with Crippen molar-refractivity contribution in [3.8, 4) is 0 Å². The van der Waals surface area contributed by atoms with Crippen LogP contribution < -0.4 is 10.2 Å². The molecule has 0 saturated carbocycles. The molecule has 7 heteroatoms. The Morgan fingerprint density at radius 2 is 1.90 bits per heavy atom. The number of piperidine rings is 1. The molecule has 3 aromatic rings. The summed E-state index contributed by atoms with van der Waals surface area (Å²) < 4.78 is 1.78. The van der Waals surface area contributed by atoms with E-state index in [0.29, 0.717) is 19.4 Å². The maximum Gasteiger partial charge on any atom is 0.220 e. The highest BCUT2D eigenvalue weighted by Gasteiger charge is 2.18. The van der Waals surface area contributed by atoms with Crippen molar-refractivity contribution >= 4 is 17.4 Å². The van der Waals surface area contributed by atoms with Gasteiger partial charge in [0.2, 0.25) is 5.91 Å². The van der Waals surface area contributed by atoms with Gasteiger partial charge in [-0.05, 0) is 42.4 Å². The van der Waals surface area contributed by atoms with Gasteiger partial charge in [-0.2, -0.15) is 4.52 Å². The molecule has 1 N–H and O–H groups in total. The largest absolute Gasteiger partial charge is 0.355 e. The van der Waals surface area contributed by atoms with Gasteiger partial charge in [-0.15, -0.1) is 15.3 Å². The number of amides is 1. The third-order valence-corrected chi connectivity index (χ3v) is 5.97. The molecule has 4 rings (SSSR count). The highest BCUT2D eigenvalue weighted by molar-refractivity contribution is 5.76. The van der Waals surface area contributed by atoms with Crippen LogP contribution in [0.1, 0.15) is 50.4 Å². The van der Waals surface area contributed by atoms with E-state index >= 15 is 0 Å². The molecule has 2 aromatic heterocycles. The smallest absolute Gasteiger partial charge is 0.220 e. The Kier molecular flexibility index (Phi) is 6.26. The summed E-state index contributed by atoms with van der Waals surface area (Å²) in [4.78, 5) is 14.7. The summed E-state index contributed by atoms with van der Waals surface area (Å²) in [5.41, 5.74) is 1.95. The number of carbonyl (C=O) groups is 1. The second-order valence-corrected chi connectivity index (χ2v) is 8.36. The number of carbonyl (C=O) groups excluding carboxylic acids is 1. The molecule has 30 heavy (non-hydrogen) atoms. The van der Waals surface area contributed by atoms with E-state index in [1.165, 1.54) is 18.4 Å². The zero-order chi connectivity index (χ0) is 20.9. The van der Waals surface area contributed by atoms with Crippen LogP contribution >= 0.6 is 0 Å². The van der Waals surface area contributed by atoms with Crippen molar-refractivity contribution in [3.63, 3.8) is 0 Å². The molecule has 1 amide bonds. The van der Waals surface area contributed by atoms with Crippen LogP contribution in [0, 0.1) is 5.92 Å². The number of hydrogen-bond donors (Lipinski definition) is 1. The fraction of sp³-hybridized carbons (Fsp3) is 0.478. The summed E-state index contributed by atoms with van der Waals surface area (Å²) in [5.74, 6) is 2.76. The van der Waals surface area contributed by atoms with Gasteiger partial charge in [0.25, 0.3) is 0 Å². The molecule has 1 atom stereocenters. The number of nitrogens with zero attached hydrogens (tertiary/aromatic N) is 5. The van der Waals surface area contributed by atoms with Gasteiger partial charge in [0, 0.05) is 32.5 Å². The minimum atomic E-state index is 0.0238. The van der Waals surface area contributed by atoms with Crippen molar-refractivity contribution in [3.05, 3.63) is 53.9 Å². The van der Waals surface area contributed by atoms with E-state index in [2.05, 4.69) is 46.4 Å². The van der Waals surface area contributed by atoms with Gasteiger partial charge >= 0.3 is 0 Å². The Bertz CT molecular complexity index is 978. The first-order valence-corrected chi connectivity index (χ1v) is 10.9. The average Bonchev–Trinajstić information content (AvgIpc) is 3.19. The first-order valence-electron chi connectivity index (χ1n) is 10.9. The lowest BCUT2D eigenvalue weighted by Gasteiger charge is -2.30. The van der Waals surface area contributed by atoms with Crippen molar-refractivity contribution in [2.24, 2.45) is 5.92 Å². The fourth-order valence-electron chi connectivity index (χ4n) is 3.87. The SMILES string of the molecule is CC1CCN(c2ccc3nnc(CCC(=O)NC[C@@H](C)c4ccccc4)n3n2)CC1. The van der Waals surface area contributed by atoms with Crippen molar-refractivity contribution in [2.75, 3.05) is 24.5 Å². The summed E-state index contributed by atoms with van der Waals surface area (Å²) in [6, 6.07) is 14.2. The normalized spacial score (nSPS) is 16.0. The van der Waals surface area contributed by atoms with Crippen LogP contribution in [0.4, 0.5) is 5.82 Å². The average molecular weight is 407 g/mol. The highest BCUT2D eigenvalue weighted by atomic mass is 16.1. The summed E-state index contributed by atoms with van der Waals surface area (Å²) in [6.45, 7) is 7.10. The molecule has 0 bridgehead atoms. The maximum atomic E-state index is 12.4. The van der Waals surface area contributed by atoms with Crippen LogP contribution in [0.5, 0.6) is 0 Å². The van der Waals surface area contributed by atoms with Crippen LogP contribution in [0.25, 0.3) is 5.65 Å². The molecule has 0 spiro atoms. The third-order valence-electron chi connectivity index (χ3n) is 5.97. The quantitative estimate of drug-likeness (QED) is 0.652. The summed E-state index contributed by atoms with van der Waals surface area (Å²) in [6.07, 6.45) is 3.27. The second-order valence-electron chi connectivity index (χ2n) is 8.36. The lowest BCUT2D eigenvalue weighted by atomic mass is 9.99. The van der Waals surface area contributed by atoms with Crippen molar-refractivity contribution in [1.82, 2.24) is 25.1 Å². The number of benzene rings is 1. The van der Waals surface area contributed by atoms with Gasteiger partial charge in [-0.3, -0.25) is 4.79 Å². The maximum absolute atomic E-state index is 12.4. The Hall–Kier alpha value is -2.96. The van der Waals surface area contributed by atoms with Gasteiger partial charge in [0.15, 0.2) is 11.5 Å². The minimum absolute atomic E-state index is 0.0238. The molecule has 1 saturated heterocycles. The van der Waals surface area contributed by atoms with Gasteiger partial charge < -0.3 is 10.2 Å². The fourth-order valence-corrected chi connectivity index (χ4v) is 3.87. The zero-order valence-corrected chi connectivity index (χ0v) is 17.8. The molecule has 1 aliphatic rings. The monoisotopic (exact) mass is 406 g/mol. The first-order chi connectivity index (χ1) is 14.6. The zero-order valence-electron chi connectivity index (χ0n) is 17.8. The highest BCUT2D eigenvalue weighted by Crippen LogP contribution is 2.21. The number of anilines is 1. The van der Waals surface area contributed by atoms with E-state index in [0.717, 1.165) is 36.3 Å². The first kappa shape index (κ1) is 20.3. The predicted octanol–water partition coefficient (Wildman–Crippen LogP) is 3.21. The van der Waals surface area contributed by atoms with Crippen LogP contribution in [-0.4, -0.2) is 45.4 Å². The number of fused-ring (bicyclic) bond motifs is 1.